The van der Waals surface area contributed by atoms with Crippen LogP contribution >= 0.6 is 11.8 Å². The summed E-state index contributed by atoms with van der Waals surface area (Å²) in [5.41, 5.74) is 1.87. The largest absolute Gasteiger partial charge is 0.486 e. The molecule has 28 heavy (non-hydrogen) atoms. The quantitative estimate of drug-likeness (QED) is 0.525. The van der Waals surface area contributed by atoms with Gasteiger partial charge in [0.15, 0.2) is 11.5 Å². The molecule has 6 nitrogen and oxygen atoms in total. The van der Waals surface area contributed by atoms with E-state index in [2.05, 4.69) is 15.3 Å². The lowest BCUT2D eigenvalue weighted by Crippen LogP contribution is -2.28. The highest BCUT2D eigenvalue weighted by atomic mass is 32.2. The van der Waals surface area contributed by atoms with Gasteiger partial charge < -0.3 is 14.8 Å². The average Bonchev–Trinajstić information content (AvgIpc) is 2.71. The zero-order valence-electron chi connectivity index (χ0n) is 15.8. The molecule has 2 heterocycles. The lowest BCUT2D eigenvalue weighted by molar-refractivity contribution is -0.119. The summed E-state index contributed by atoms with van der Waals surface area (Å²) in [6.07, 6.45) is 0. The monoisotopic (exact) mass is 395 g/mol. The van der Waals surface area contributed by atoms with Crippen LogP contribution in [-0.2, 0) is 4.79 Å². The third kappa shape index (κ3) is 4.04. The standard InChI is InChI=1S/C21H21N3O3S/c1-13(15-7-8-18-19(11-15)27-10-9-26-18)22-20(25)12-28-21-16-5-3-4-6-17(16)23-14(2)24-21/h3-8,11,13H,9-10,12H2,1-2H3,(H,22,25). The predicted octanol–water partition coefficient (Wildman–Crippen LogP) is 3.68. The Morgan fingerprint density at radius 2 is 1.93 bits per heavy atom. The summed E-state index contributed by atoms with van der Waals surface area (Å²) in [6, 6.07) is 13.5. The Balaban J connectivity index is 1.41. The lowest BCUT2D eigenvalue weighted by Gasteiger charge is -2.21. The Morgan fingerprint density at radius 3 is 2.79 bits per heavy atom. The summed E-state index contributed by atoms with van der Waals surface area (Å²) in [7, 11) is 0. The Kier molecular flexibility index (Phi) is 5.34. The van der Waals surface area contributed by atoms with Gasteiger partial charge in [-0.05, 0) is 37.6 Å². The van der Waals surface area contributed by atoms with Crippen molar-refractivity contribution in [2.45, 2.75) is 24.9 Å². The topological polar surface area (TPSA) is 73.3 Å². The minimum atomic E-state index is -0.132. The van der Waals surface area contributed by atoms with E-state index in [0.29, 0.717) is 19.0 Å². The Labute approximate surface area is 167 Å². The molecule has 1 aliphatic heterocycles. The van der Waals surface area contributed by atoms with Gasteiger partial charge in [0, 0.05) is 5.39 Å². The maximum Gasteiger partial charge on any atom is 0.230 e. The van der Waals surface area contributed by atoms with Crippen molar-refractivity contribution in [2.75, 3.05) is 19.0 Å². The molecule has 0 fully saturated rings. The van der Waals surface area contributed by atoms with E-state index >= 15 is 0 Å². The summed E-state index contributed by atoms with van der Waals surface area (Å²) in [5, 5.41) is 4.82. The van der Waals surface area contributed by atoms with Crippen molar-refractivity contribution in [1.29, 1.82) is 0 Å². The summed E-state index contributed by atoms with van der Waals surface area (Å²) >= 11 is 1.42. The fraction of sp³-hybridized carbons (Fsp3) is 0.286. The van der Waals surface area contributed by atoms with Gasteiger partial charge in [-0.2, -0.15) is 0 Å². The first-order valence-electron chi connectivity index (χ1n) is 9.15. The molecule has 1 aliphatic rings. The minimum absolute atomic E-state index is 0.0484. The first kappa shape index (κ1) is 18.6. The SMILES string of the molecule is Cc1nc(SCC(=O)NC(C)c2ccc3c(c2)OCCO3)c2ccccc2n1. The van der Waals surface area contributed by atoms with Crippen LogP contribution in [0, 0.1) is 6.92 Å². The second-order valence-electron chi connectivity index (χ2n) is 6.57. The number of hydrogen-bond acceptors (Lipinski definition) is 6. The number of rotatable bonds is 5. The van der Waals surface area contributed by atoms with Crippen LogP contribution in [0.15, 0.2) is 47.5 Å². The number of benzene rings is 2. The number of para-hydroxylation sites is 1. The minimum Gasteiger partial charge on any atom is -0.486 e. The van der Waals surface area contributed by atoms with E-state index in [-0.39, 0.29) is 17.7 Å². The molecule has 1 aromatic heterocycles. The highest BCUT2D eigenvalue weighted by molar-refractivity contribution is 8.00. The molecule has 2 aromatic carbocycles. The Bertz CT molecular complexity index is 1020. The maximum absolute atomic E-state index is 12.5. The summed E-state index contributed by atoms with van der Waals surface area (Å²) in [6.45, 7) is 4.92. The van der Waals surface area contributed by atoms with Gasteiger partial charge in [0.25, 0.3) is 0 Å². The zero-order valence-corrected chi connectivity index (χ0v) is 16.6. The Hall–Kier alpha value is -2.80. The first-order valence-corrected chi connectivity index (χ1v) is 10.1. The van der Waals surface area contributed by atoms with Crippen LogP contribution in [0.3, 0.4) is 0 Å². The van der Waals surface area contributed by atoms with E-state index in [9.17, 15) is 4.79 Å². The molecule has 4 rings (SSSR count). The molecular weight excluding hydrogens is 374 g/mol. The number of carbonyl (C=O) groups excluding carboxylic acids is 1. The van der Waals surface area contributed by atoms with Crippen LogP contribution in [-0.4, -0.2) is 34.8 Å². The van der Waals surface area contributed by atoms with E-state index < -0.39 is 0 Å². The molecule has 0 aliphatic carbocycles. The number of ether oxygens (including phenoxy) is 2. The highest BCUT2D eigenvalue weighted by Gasteiger charge is 2.16. The molecule has 0 radical (unpaired) electrons. The van der Waals surface area contributed by atoms with E-state index in [0.717, 1.165) is 33.0 Å². The molecular formula is C21H21N3O3S. The van der Waals surface area contributed by atoms with Gasteiger partial charge in [0.1, 0.15) is 24.1 Å². The van der Waals surface area contributed by atoms with Gasteiger partial charge in [-0.1, -0.05) is 36.0 Å². The van der Waals surface area contributed by atoms with Crippen LogP contribution in [0.1, 0.15) is 24.4 Å². The molecule has 1 atom stereocenters. The van der Waals surface area contributed by atoms with Crippen LogP contribution in [0.4, 0.5) is 0 Å². The molecule has 0 spiro atoms. The van der Waals surface area contributed by atoms with Gasteiger partial charge in [-0.25, -0.2) is 9.97 Å². The van der Waals surface area contributed by atoms with Crippen LogP contribution in [0.5, 0.6) is 11.5 Å². The Morgan fingerprint density at radius 1 is 1.14 bits per heavy atom. The number of nitrogens with one attached hydrogen (secondary N) is 1. The molecule has 1 amide bonds. The average molecular weight is 395 g/mol. The van der Waals surface area contributed by atoms with Crippen molar-refractivity contribution in [3.63, 3.8) is 0 Å². The zero-order chi connectivity index (χ0) is 19.5. The summed E-state index contributed by atoms with van der Waals surface area (Å²) in [5.74, 6) is 2.41. The first-order chi connectivity index (χ1) is 13.6. The van der Waals surface area contributed by atoms with Crippen LogP contribution in [0.25, 0.3) is 10.9 Å². The van der Waals surface area contributed by atoms with Crippen molar-refractivity contribution >= 4 is 28.6 Å². The number of aromatic nitrogens is 2. The van der Waals surface area contributed by atoms with Crippen molar-refractivity contribution in [3.05, 3.63) is 53.9 Å². The third-order valence-corrected chi connectivity index (χ3v) is 5.45. The van der Waals surface area contributed by atoms with Gasteiger partial charge >= 0.3 is 0 Å². The van der Waals surface area contributed by atoms with Crippen LogP contribution < -0.4 is 14.8 Å². The summed E-state index contributed by atoms with van der Waals surface area (Å²) in [4.78, 5) is 21.4. The van der Waals surface area contributed by atoms with E-state index in [4.69, 9.17) is 9.47 Å². The number of carbonyl (C=O) groups is 1. The van der Waals surface area contributed by atoms with Gasteiger partial charge in [-0.3, -0.25) is 4.79 Å². The molecule has 3 aromatic rings. The predicted molar refractivity (Wildman–Crippen MR) is 109 cm³/mol. The number of amides is 1. The number of aryl methyl sites for hydroxylation is 1. The van der Waals surface area contributed by atoms with Crippen molar-refractivity contribution in [1.82, 2.24) is 15.3 Å². The smallest absolute Gasteiger partial charge is 0.230 e. The van der Waals surface area contributed by atoms with Crippen LogP contribution in [0.2, 0.25) is 0 Å². The summed E-state index contributed by atoms with van der Waals surface area (Å²) < 4.78 is 11.2. The molecule has 1 N–H and O–H groups in total. The van der Waals surface area contributed by atoms with Crippen molar-refractivity contribution in [3.8, 4) is 11.5 Å². The fourth-order valence-electron chi connectivity index (χ4n) is 3.10. The highest BCUT2D eigenvalue weighted by Crippen LogP contribution is 2.32. The number of thioether (sulfide) groups is 1. The fourth-order valence-corrected chi connectivity index (χ4v) is 3.97. The lowest BCUT2D eigenvalue weighted by atomic mass is 10.1. The molecule has 0 saturated carbocycles. The van der Waals surface area contributed by atoms with E-state index in [1.807, 2.05) is 56.3 Å². The van der Waals surface area contributed by atoms with E-state index in [1.165, 1.54) is 11.8 Å². The molecule has 1 unspecified atom stereocenters. The second kappa shape index (κ2) is 8.06. The normalized spacial score (nSPS) is 13.9. The molecule has 144 valence electrons. The number of fused-ring (bicyclic) bond motifs is 2. The van der Waals surface area contributed by atoms with E-state index in [1.54, 1.807) is 0 Å². The molecule has 0 bridgehead atoms. The maximum atomic E-state index is 12.5. The van der Waals surface area contributed by atoms with Gasteiger partial charge in [0.2, 0.25) is 5.91 Å². The second-order valence-corrected chi connectivity index (χ2v) is 7.54. The van der Waals surface area contributed by atoms with Crippen molar-refractivity contribution in [2.24, 2.45) is 0 Å². The van der Waals surface area contributed by atoms with Gasteiger partial charge in [-0.15, -0.1) is 0 Å². The number of nitrogens with zero attached hydrogens (tertiary/aromatic N) is 2. The number of hydrogen-bond donors (Lipinski definition) is 1. The molecule has 7 heteroatoms. The van der Waals surface area contributed by atoms with Gasteiger partial charge in [0.05, 0.1) is 17.3 Å². The molecule has 0 saturated heterocycles. The van der Waals surface area contributed by atoms with Crippen molar-refractivity contribution < 1.29 is 14.3 Å². The third-order valence-electron chi connectivity index (χ3n) is 4.46.